The van der Waals surface area contributed by atoms with E-state index in [0.717, 1.165) is 5.69 Å². The summed E-state index contributed by atoms with van der Waals surface area (Å²) in [6, 6.07) is -0.514. The van der Waals surface area contributed by atoms with E-state index in [-0.39, 0.29) is 24.7 Å². The van der Waals surface area contributed by atoms with E-state index in [0.29, 0.717) is 6.42 Å². The average molecular weight is 268 g/mol. The summed E-state index contributed by atoms with van der Waals surface area (Å²) in [4.78, 5) is 29.4. The third-order valence-corrected chi connectivity index (χ3v) is 2.18. The van der Waals surface area contributed by atoms with Crippen molar-refractivity contribution < 1.29 is 9.59 Å². The van der Waals surface area contributed by atoms with E-state index >= 15 is 0 Å². The summed E-state index contributed by atoms with van der Waals surface area (Å²) in [7, 11) is 0. The maximum atomic E-state index is 11.3. The Balaban J connectivity index is 0.000000982. The lowest BCUT2D eigenvalue weighted by molar-refractivity contribution is -0.126. The number of carbonyl (C=O) groups is 2. The molecule has 6 heteroatoms. The van der Waals surface area contributed by atoms with Crippen molar-refractivity contribution >= 4 is 11.7 Å². The molecule has 0 unspecified atom stereocenters. The van der Waals surface area contributed by atoms with Gasteiger partial charge in [-0.15, -0.1) is 0 Å². The summed E-state index contributed by atoms with van der Waals surface area (Å²) in [5.74, 6) is -0.290. The lowest BCUT2D eigenvalue weighted by Crippen LogP contribution is -2.42. The lowest BCUT2D eigenvalue weighted by Gasteiger charge is -2.14. The number of imidazole rings is 1. The van der Waals surface area contributed by atoms with E-state index in [1.165, 1.54) is 19.7 Å². The molecule has 0 aliphatic rings. The molecule has 0 radical (unpaired) electrons. The molecule has 0 aliphatic heterocycles. The van der Waals surface area contributed by atoms with Crippen molar-refractivity contribution in [3.63, 3.8) is 0 Å². The number of nitrogens with zero attached hydrogens (tertiary/aromatic N) is 1. The quantitative estimate of drug-likeness (QED) is 0.710. The van der Waals surface area contributed by atoms with Gasteiger partial charge in [0.15, 0.2) is 5.78 Å². The first kappa shape index (κ1) is 17.3. The standard InChI is InChI=1S/C10H16N4O2.C3H8/c1-7(15)9(14-10(16)2-3-11)4-8-5-12-6-13-8;1-3-2/h5-6,9H,2-4,11H2,1H3,(H,12,13)(H,14,16);3H2,1-2H3/t9-;/m0./s1. The third kappa shape index (κ3) is 8.10. The highest BCUT2D eigenvalue weighted by Crippen LogP contribution is 2.00. The molecule has 0 fully saturated rings. The van der Waals surface area contributed by atoms with Crippen LogP contribution in [0, 0.1) is 0 Å². The van der Waals surface area contributed by atoms with Crippen LogP contribution in [0.5, 0.6) is 0 Å². The molecule has 0 bridgehead atoms. The Bertz CT molecular complexity index is 363. The lowest BCUT2D eigenvalue weighted by atomic mass is 10.1. The number of nitrogens with one attached hydrogen (secondary N) is 2. The smallest absolute Gasteiger partial charge is 0.221 e. The van der Waals surface area contributed by atoms with Gasteiger partial charge in [-0.3, -0.25) is 9.59 Å². The highest BCUT2D eigenvalue weighted by Gasteiger charge is 2.17. The van der Waals surface area contributed by atoms with Crippen LogP contribution >= 0.6 is 0 Å². The zero-order chi connectivity index (χ0) is 14.7. The molecule has 1 aromatic rings. The van der Waals surface area contributed by atoms with Crippen molar-refractivity contribution in [1.82, 2.24) is 15.3 Å². The van der Waals surface area contributed by atoms with E-state index in [1.54, 1.807) is 6.20 Å². The fraction of sp³-hybridized carbons (Fsp3) is 0.615. The van der Waals surface area contributed by atoms with Crippen LogP contribution in [0.4, 0.5) is 0 Å². The number of H-pyrrole nitrogens is 1. The van der Waals surface area contributed by atoms with Crippen LogP contribution in [0.25, 0.3) is 0 Å². The molecule has 0 saturated heterocycles. The molecule has 0 saturated carbocycles. The predicted molar refractivity (Wildman–Crippen MR) is 74.5 cm³/mol. The largest absolute Gasteiger partial charge is 0.348 e. The van der Waals surface area contributed by atoms with Crippen molar-refractivity contribution in [1.29, 1.82) is 0 Å². The van der Waals surface area contributed by atoms with Gasteiger partial charge in [0.25, 0.3) is 0 Å². The molecule has 1 heterocycles. The van der Waals surface area contributed by atoms with Gasteiger partial charge >= 0.3 is 0 Å². The number of aromatic nitrogens is 2. The minimum Gasteiger partial charge on any atom is -0.348 e. The highest BCUT2D eigenvalue weighted by atomic mass is 16.2. The first-order valence-electron chi connectivity index (χ1n) is 6.52. The fourth-order valence-corrected chi connectivity index (χ4v) is 1.31. The fourth-order valence-electron chi connectivity index (χ4n) is 1.31. The number of carbonyl (C=O) groups excluding carboxylic acids is 2. The summed E-state index contributed by atoms with van der Waals surface area (Å²) in [6.07, 6.45) is 5.07. The zero-order valence-corrected chi connectivity index (χ0v) is 11.9. The summed E-state index contributed by atoms with van der Waals surface area (Å²) in [5, 5.41) is 2.64. The number of hydrogen-bond acceptors (Lipinski definition) is 4. The van der Waals surface area contributed by atoms with Crippen molar-refractivity contribution in [3.8, 4) is 0 Å². The van der Waals surface area contributed by atoms with Crippen molar-refractivity contribution in [3.05, 3.63) is 18.2 Å². The minimum atomic E-state index is -0.514. The molecular formula is C13H24N4O2. The van der Waals surface area contributed by atoms with Crippen LogP contribution in [0.15, 0.2) is 12.5 Å². The van der Waals surface area contributed by atoms with Gasteiger partial charge in [0.2, 0.25) is 5.91 Å². The molecule has 1 aromatic heterocycles. The molecule has 0 aliphatic carbocycles. The second-order valence-corrected chi connectivity index (χ2v) is 4.26. The second-order valence-electron chi connectivity index (χ2n) is 4.26. The number of rotatable bonds is 6. The molecule has 1 rings (SSSR count). The van der Waals surface area contributed by atoms with Crippen LogP contribution in [-0.2, 0) is 16.0 Å². The van der Waals surface area contributed by atoms with E-state index in [4.69, 9.17) is 5.73 Å². The van der Waals surface area contributed by atoms with E-state index in [9.17, 15) is 9.59 Å². The Morgan fingerprint density at radius 1 is 1.47 bits per heavy atom. The van der Waals surface area contributed by atoms with E-state index in [1.807, 2.05) is 0 Å². The van der Waals surface area contributed by atoms with Crippen LogP contribution in [0.2, 0.25) is 0 Å². The van der Waals surface area contributed by atoms with Gasteiger partial charge in [0.05, 0.1) is 12.4 Å². The van der Waals surface area contributed by atoms with Gasteiger partial charge in [-0.2, -0.15) is 0 Å². The SMILES string of the molecule is CC(=O)[C@H](Cc1cnc[nH]1)NC(=O)CCN.CCC. The van der Waals surface area contributed by atoms with Crippen LogP contribution in [0.1, 0.15) is 39.3 Å². The molecule has 0 aromatic carbocycles. The average Bonchev–Trinajstić information content (AvgIpc) is 2.82. The molecule has 4 N–H and O–H groups in total. The molecule has 6 nitrogen and oxygen atoms in total. The molecule has 0 spiro atoms. The monoisotopic (exact) mass is 268 g/mol. The van der Waals surface area contributed by atoms with Crippen LogP contribution in [0.3, 0.4) is 0 Å². The molecular weight excluding hydrogens is 244 g/mol. The van der Waals surface area contributed by atoms with E-state index in [2.05, 4.69) is 29.1 Å². The van der Waals surface area contributed by atoms with Crippen molar-refractivity contribution in [2.45, 2.75) is 46.1 Å². The maximum absolute atomic E-state index is 11.3. The second kappa shape index (κ2) is 10.3. The number of hydrogen-bond donors (Lipinski definition) is 3. The van der Waals surface area contributed by atoms with Gasteiger partial charge in [0, 0.05) is 31.3 Å². The topological polar surface area (TPSA) is 101 Å². The molecule has 1 amide bonds. The number of nitrogens with two attached hydrogens (primary N) is 1. The molecule has 19 heavy (non-hydrogen) atoms. The first-order chi connectivity index (χ1) is 9.04. The Morgan fingerprint density at radius 2 is 2.11 bits per heavy atom. The predicted octanol–water partition coefficient (Wildman–Crippen LogP) is 0.791. The molecule has 1 atom stereocenters. The minimum absolute atomic E-state index is 0.0834. The zero-order valence-electron chi connectivity index (χ0n) is 11.9. The number of ketones is 1. The molecule has 108 valence electrons. The van der Waals surface area contributed by atoms with Crippen LogP contribution < -0.4 is 11.1 Å². The maximum Gasteiger partial charge on any atom is 0.221 e. The summed E-state index contributed by atoms with van der Waals surface area (Å²) in [6.45, 7) is 5.98. The summed E-state index contributed by atoms with van der Waals surface area (Å²) >= 11 is 0. The van der Waals surface area contributed by atoms with Gasteiger partial charge in [-0.1, -0.05) is 20.3 Å². The number of Topliss-reactive ketones (excluding diaryl/α,β-unsaturated/α-hetero) is 1. The Labute approximate surface area is 114 Å². The first-order valence-corrected chi connectivity index (χ1v) is 6.52. The number of aromatic amines is 1. The van der Waals surface area contributed by atoms with Crippen molar-refractivity contribution in [2.75, 3.05) is 6.54 Å². The van der Waals surface area contributed by atoms with Gasteiger partial charge in [-0.25, -0.2) is 4.98 Å². The van der Waals surface area contributed by atoms with Crippen molar-refractivity contribution in [2.24, 2.45) is 5.73 Å². The Kier molecular flexibility index (Phi) is 9.34. The summed E-state index contributed by atoms with van der Waals surface area (Å²) in [5.41, 5.74) is 6.07. The number of amides is 1. The van der Waals surface area contributed by atoms with Gasteiger partial charge < -0.3 is 16.0 Å². The van der Waals surface area contributed by atoms with Crippen LogP contribution in [-0.4, -0.2) is 34.2 Å². The third-order valence-electron chi connectivity index (χ3n) is 2.18. The normalized spacial score (nSPS) is 11.2. The summed E-state index contributed by atoms with van der Waals surface area (Å²) < 4.78 is 0. The Hall–Kier alpha value is -1.69. The van der Waals surface area contributed by atoms with E-state index < -0.39 is 6.04 Å². The highest BCUT2D eigenvalue weighted by molar-refractivity contribution is 5.87. The van der Waals surface area contributed by atoms with Gasteiger partial charge in [-0.05, 0) is 6.92 Å². The Morgan fingerprint density at radius 3 is 2.53 bits per heavy atom. The van der Waals surface area contributed by atoms with Gasteiger partial charge in [0.1, 0.15) is 0 Å².